The zero-order valence-electron chi connectivity index (χ0n) is 14.0. The minimum Gasteiger partial charge on any atom is -0.662 e. The molecule has 120 valence electrons. The summed E-state index contributed by atoms with van der Waals surface area (Å²) in [5, 5.41) is 7.40. The topological polar surface area (TPSA) is 80.8 Å². The molecule has 0 aromatic rings. The molecule has 0 heterocycles. The third kappa shape index (κ3) is 26.3. The minimum absolute atomic E-state index is 0. The summed E-state index contributed by atoms with van der Waals surface area (Å²) in [5.41, 5.74) is 0. The van der Waals surface area contributed by atoms with Gasteiger partial charge in [0.15, 0.2) is 0 Å². The number of ether oxygens (including phenoxy) is 2. The van der Waals surface area contributed by atoms with E-state index in [0.717, 1.165) is 0 Å². The Balaban J connectivity index is -0.000000126. The minimum atomic E-state index is -0.257. The number of hydrogen-bond acceptors (Lipinski definition) is 4. The van der Waals surface area contributed by atoms with Crippen molar-refractivity contribution in [3.05, 3.63) is 10.6 Å². The summed E-state index contributed by atoms with van der Waals surface area (Å²) in [6.07, 6.45) is -0.0285. The maximum atomic E-state index is 10.8. The maximum absolute atomic E-state index is 10.8. The van der Waals surface area contributed by atoms with Crippen LogP contribution in [0.15, 0.2) is 0 Å². The summed E-state index contributed by atoms with van der Waals surface area (Å²) in [7, 11) is 3.28. The first-order valence-electron chi connectivity index (χ1n) is 6.32. The van der Waals surface area contributed by atoms with Crippen LogP contribution < -0.4 is 0 Å². The molecule has 0 aliphatic carbocycles. The normalized spacial score (nSPS) is 8.95. The molecule has 0 fully saturated rings. The number of rotatable bonds is 7. The van der Waals surface area contributed by atoms with Gasteiger partial charge in [0, 0.05) is 65.4 Å². The van der Waals surface area contributed by atoms with Crippen LogP contribution in [0.25, 0.3) is 10.6 Å². The van der Waals surface area contributed by atoms with Crippen LogP contribution in [0.2, 0.25) is 0 Å². The second-order valence-corrected chi connectivity index (χ2v) is 4.37. The molecule has 0 spiro atoms. The van der Waals surface area contributed by atoms with Crippen molar-refractivity contribution in [3.8, 4) is 0 Å². The number of esters is 2. The van der Waals surface area contributed by atoms with Gasteiger partial charge in [-0.25, -0.2) is 0 Å². The number of carbonyl (C=O) groups is 2. The molecule has 21 heavy (non-hydrogen) atoms. The molecule has 2 radical (unpaired) electrons. The van der Waals surface area contributed by atoms with Crippen molar-refractivity contribution in [2.45, 2.75) is 33.8 Å². The Morgan fingerprint density at radius 1 is 1.00 bits per heavy atom. The molecule has 0 N–H and O–H groups in total. The Hall–Kier alpha value is 1.07. The van der Waals surface area contributed by atoms with Gasteiger partial charge < -0.3 is 20.1 Å². The SMILES string of the molecule is C[N-]CC(=O)OC(C)C.C[N-]CCOC(=O)C(C)C.[Y].[Y]. The fraction of sp³-hybridized carbons (Fsp3) is 0.846. The number of carbonyl (C=O) groups excluding carboxylic acids is 2. The van der Waals surface area contributed by atoms with E-state index in [-0.39, 0.29) is 95.9 Å². The van der Waals surface area contributed by atoms with E-state index >= 15 is 0 Å². The van der Waals surface area contributed by atoms with Crippen LogP contribution in [0.4, 0.5) is 0 Å². The molecule has 0 unspecified atom stereocenters. The van der Waals surface area contributed by atoms with Crippen LogP contribution in [-0.2, 0) is 84.5 Å². The van der Waals surface area contributed by atoms with Crippen molar-refractivity contribution in [3.63, 3.8) is 0 Å². The van der Waals surface area contributed by atoms with Crippen LogP contribution in [0, 0.1) is 5.92 Å². The van der Waals surface area contributed by atoms with Gasteiger partial charge >= 0.3 is 5.97 Å². The Labute approximate surface area is 179 Å². The van der Waals surface area contributed by atoms with Crippen molar-refractivity contribution in [1.82, 2.24) is 0 Å². The van der Waals surface area contributed by atoms with Gasteiger partial charge in [-0.1, -0.05) is 13.8 Å². The van der Waals surface area contributed by atoms with E-state index in [0.29, 0.717) is 13.2 Å². The fourth-order valence-electron chi connectivity index (χ4n) is 0.833. The molecule has 0 rings (SSSR count). The van der Waals surface area contributed by atoms with Crippen LogP contribution in [0.3, 0.4) is 0 Å². The van der Waals surface area contributed by atoms with Crippen LogP contribution in [-0.4, -0.2) is 51.8 Å². The predicted molar refractivity (Wildman–Crippen MR) is 75.3 cm³/mol. The van der Waals surface area contributed by atoms with Crippen LogP contribution in [0.5, 0.6) is 0 Å². The summed E-state index contributed by atoms with van der Waals surface area (Å²) >= 11 is 0. The zero-order chi connectivity index (χ0) is 15.3. The molecule has 0 bridgehead atoms. The standard InChI is InChI=1S/C7H14NO2.C6H12NO2.2Y/c1-6(2)7(9)10-5-4-8-3;1-5(2)9-6(8)4-7-3;;/h6H,4-5H2,1-3H3;5H,4H2,1-3H3;;/q2*-1;;. The quantitative estimate of drug-likeness (QED) is 0.438. The predicted octanol–water partition coefficient (Wildman–Crippen LogP) is 2.13. The molecule has 0 aromatic heterocycles. The number of nitrogens with zero attached hydrogens (tertiary/aromatic N) is 2. The average Bonchev–Trinajstić information content (AvgIpc) is 2.29. The maximum Gasteiger partial charge on any atom is 0.308 e. The smallest absolute Gasteiger partial charge is 0.308 e. The average molecular weight is 452 g/mol. The Bertz CT molecular complexity index is 252. The summed E-state index contributed by atoms with van der Waals surface area (Å²) in [6, 6.07) is 0. The van der Waals surface area contributed by atoms with Crippen molar-refractivity contribution >= 4 is 11.9 Å². The van der Waals surface area contributed by atoms with Crippen molar-refractivity contribution < 1.29 is 84.5 Å². The van der Waals surface area contributed by atoms with Gasteiger partial charge in [0.1, 0.15) is 0 Å². The molecule has 0 aliphatic heterocycles. The Kier molecular flexibility index (Phi) is 30.1. The molecule has 6 nitrogen and oxygen atoms in total. The largest absolute Gasteiger partial charge is 0.662 e. The number of hydrogen-bond donors (Lipinski definition) is 0. The summed E-state index contributed by atoms with van der Waals surface area (Å²) in [4.78, 5) is 21.3. The van der Waals surface area contributed by atoms with E-state index in [1.165, 1.54) is 0 Å². The van der Waals surface area contributed by atoms with Crippen LogP contribution in [0.1, 0.15) is 27.7 Å². The van der Waals surface area contributed by atoms with Gasteiger partial charge in [-0.05, 0) is 20.4 Å². The van der Waals surface area contributed by atoms with E-state index in [9.17, 15) is 9.59 Å². The molecule has 0 saturated heterocycles. The Morgan fingerprint density at radius 3 is 1.86 bits per heavy atom. The van der Waals surface area contributed by atoms with E-state index in [2.05, 4.69) is 10.6 Å². The number of likely N-dealkylation sites (N-methyl/N-ethyl adjacent to an activating group) is 2. The second kappa shape index (κ2) is 21.1. The van der Waals surface area contributed by atoms with E-state index in [1.54, 1.807) is 14.1 Å². The Morgan fingerprint density at radius 2 is 1.52 bits per heavy atom. The van der Waals surface area contributed by atoms with Crippen molar-refractivity contribution in [2.24, 2.45) is 5.92 Å². The van der Waals surface area contributed by atoms with E-state index in [4.69, 9.17) is 9.47 Å². The third-order valence-corrected chi connectivity index (χ3v) is 1.68. The monoisotopic (exact) mass is 452 g/mol. The first-order chi connectivity index (χ1) is 8.84. The first kappa shape index (κ1) is 30.0. The summed E-state index contributed by atoms with van der Waals surface area (Å²) < 4.78 is 9.57. The molecule has 0 amide bonds. The van der Waals surface area contributed by atoms with Gasteiger partial charge in [0.2, 0.25) is 0 Å². The van der Waals surface area contributed by atoms with Crippen molar-refractivity contribution in [1.29, 1.82) is 0 Å². The third-order valence-electron chi connectivity index (χ3n) is 1.68. The van der Waals surface area contributed by atoms with Gasteiger partial charge in [0.05, 0.1) is 18.6 Å². The second-order valence-electron chi connectivity index (χ2n) is 4.37. The molecular weight excluding hydrogens is 426 g/mol. The molecule has 0 aromatic carbocycles. The van der Waals surface area contributed by atoms with Crippen LogP contribution >= 0.6 is 0 Å². The summed E-state index contributed by atoms with van der Waals surface area (Å²) in [5.74, 6) is -0.437. The fourth-order valence-corrected chi connectivity index (χ4v) is 0.833. The van der Waals surface area contributed by atoms with Gasteiger partial charge in [0.25, 0.3) is 5.97 Å². The molecular formula is C13H26N2O4Y2-2. The van der Waals surface area contributed by atoms with E-state index < -0.39 is 0 Å². The van der Waals surface area contributed by atoms with Gasteiger partial charge in [-0.15, -0.1) is 6.54 Å². The van der Waals surface area contributed by atoms with Gasteiger partial charge in [-0.2, -0.15) is 14.1 Å². The molecule has 8 heteroatoms. The molecule has 0 aliphatic rings. The summed E-state index contributed by atoms with van der Waals surface area (Å²) in [6.45, 7) is 8.42. The first-order valence-corrected chi connectivity index (χ1v) is 6.32. The molecule has 0 atom stereocenters. The molecule has 0 saturated carbocycles. The zero-order valence-corrected chi connectivity index (χ0v) is 19.6. The van der Waals surface area contributed by atoms with E-state index in [1.807, 2.05) is 27.7 Å². The van der Waals surface area contributed by atoms with Crippen molar-refractivity contribution in [2.75, 3.05) is 33.8 Å². The van der Waals surface area contributed by atoms with Gasteiger partial charge in [-0.3, -0.25) is 9.59 Å².